The topological polar surface area (TPSA) is 49.7 Å². The number of anilines is 1. The molecule has 0 N–H and O–H groups in total. The summed E-state index contributed by atoms with van der Waals surface area (Å²) in [5.74, 6) is 0.763. The Balaban J connectivity index is 2.40. The molecule has 0 spiro atoms. The second-order valence-corrected chi connectivity index (χ2v) is 9.39. The van der Waals surface area contributed by atoms with Gasteiger partial charge in [-0.25, -0.2) is 8.42 Å². The van der Waals surface area contributed by atoms with Gasteiger partial charge in [0, 0.05) is 26.1 Å². The maximum absolute atomic E-state index is 11.8. The number of sulfone groups is 1. The molecule has 0 aliphatic heterocycles. The van der Waals surface area contributed by atoms with E-state index in [1.807, 2.05) is 19.3 Å². The van der Waals surface area contributed by atoms with Crippen LogP contribution in [0.15, 0.2) is 28.1 Å². The summed E-state index contributed by atoms with van der Waals surface area (Å²) in [4.78, 5) is 7.07. The van der Waals surface area contributed by atoms with Crippen LogP contribution in [0.3, 0.4) is 0 Å². The lowest BCUT2D eigenvalue weighted by Crippen LogP contribution is -2.20. The fraction of sp³-hybridized carbons (Fsp3) is 0.588. The number of rotatable bonds is 5. The normalized spacial score (nSPS) is 16.2. The molecule has 1 aromatic rings. The van der Waals surface area contributed by atoms with Gasteiger partial charge in [-0.2, -0.15) is 0 Å². The van der Waals surface area contributed by atoms with Crippen molar-refractivity contribution in [2.45, 2.75) is 38.5 Å². The highest BCUT2D eigenvalue weighted by atomic mass is 32.2. The van der Waals surface area contributed by atoms with E-state index in [0.717, 1.165) is 23.8 Å². The average molecular weight is 322 g/mol. The Hall–Kier alpha value is -1.36. The summed E-state index contributed by atoms with van der Waals surface area (Å²) in [5.41, 5.74) is 1.66. The standard InChI is InChI=1S/C17H26N2O2S/c1-17(2,3)12-18-15-10-14(22(5,20)21)8-9-16(15)19(4)11-13-6-7-13/h8-10,12-13H,6-7,11H2,1-5H3. The number of nitrogens with zero attached hydrogens (tertiary/aromatic N) is 2. The molecule has 0 radical (unpaired) electrons. The van der Waals surface area contributed by atoms with Gasteiger partial charge in [-0.05, 0) is 42.4 Å². The zero-order valence-corrected chi connectivity index (χ0v) is 14.9. The molecule has 1 aliphatic carbocycles. The molecule has 1 aromatic carbocycles. The monoisotopic (exact) mass is 322 g/mol. The number of hydrogen-bond donors (Lipinski definition) is 0. The molecule has 0 heterocycles. The zero-order chi connectivity index (χ0) is 16.5. The lowest BCUT2D eigenvalue weighted by atomic mass is 9.99. The van der Waals surface area contributed by atoms with Crippen LogP contribution in [-0.2, 0) is 9.84 Å². The van der Waals surface area contributed by atoms with Crippen molar-refractivity contribution in [2.24, 2.45) is 16.3 Å². The molecule has 0 saturated heterocycles. The first-order valence-corrected chi connectivity index (χ1v) is 9.56. The van der Waals surface area contributed by atoms with E-state index in [0.29, 0.717) is 4.90 Å². The third kappa shape index (κ3) is 4.83. The Morgan fingerprint density at radius 3 is 2.45 bits per heavy atom. The van der Waals surface area contributed by atoms with Crippen molar-refractivity contribution in [3.63, 3.8) is 0 Å². The van der Waals surface area contributed by atoms with Gasteiger partial charge in [0.15, 0.2) is 9.84 Å². The predicted molar refractivity (Wildman–Crippen MR) is 93.2 cm³/mol. The Bertz CT molecular complexity index is 668. The van der Waals surface area contributed by atoms with E-state index in [2.05, 4.69) is 30.7 Å². The quantitative estimate of drug-likeness (QED) is 0.777. The molecular weight excluding hydrogens is 296 g/mol. The molecule has 122 valence electrons. The van der Waals surface area contributed by atoms with Gasteiger partial charge in [0.1, 0.15) is 0 Å². The fourth-order valence-electron chi connectivity index (χ4n) is 2.21. The molecule has 0 bridgehead atoms. The highest BCUT2D eigenvalue weighted by molar-refractivity contribution is 7.90. The van der Waals surface area contributed by atoms with Crippen LogP contribution in [0.25, 0.3) is 0 Å². The second kappa shape index (κ2) is 6.03. The van der Waals surface area contributed by atoms with E-state index in [9.17, 15) is 8.42 Å². The van der Waals surface area contributed by atoms with Crippen LogP contribution in [0.2, 0.25) is 0 Å². The average Bonchev–Trinajstić information content (AvgIpc) is 3.18. The maximum Gasteiger partial charge on any atom is 0.175 e. The lowest BCUT2D eigenvalue weighted by molar-refractivity contribution is 0.602. The molecule has 0 unspecified atom stereocenters. The summed E-state index contributed by atoms with van der Waals surface area (Å²) in [5, 5.41) is 0. The van der Waals surface area contributed by atoms with Gasteiger partial charge in [-0.3, -0.25) is 4.99 Å². The number of aliphatic imine (C=N–C) groups is 1. The van der Waals surface area contributed by atoms with Gasteiger partial charge in [0.25, 0.3) is 0 Å². The van der Waals surface area contributed by atoms with Crippen LogP contribution in [0, 0.1) is 11.3 Å². The molecule has 5 heteroatoms. The van der Waals surface area contributed by atoms with Crippen LogP contribution < -0.4 is 4.90 Å². The Kier molecular flexibility index (Phi) is 4.66. The predicted octanol–water partition coefficient (Wildman–Crippen LogP) is 3.68. The van der Waals surface area contributed by atoms with Crippen molar-refractivity contribution in [3.05, 3.63) is 18.2 Å². The fourth-order valence-corrected chi connectivity index (χ4v) is 2.85. The maximum atomic E-state index is 11.8. The van der Waals surface area contributed by atoms with Gasteiger partial charge in [0.2, 0.25) is 0 Å². The third-order valence-electron chi connectivity index (χ3n) is 3.61. The molecule has 4 nitrogen and oxygen atoms in total. The molecule has 1 aliphatic rings. The molecule has 1 saturated carbocycles. The summed E-state index contributed by atoms with van der Waals surface area (Å²) in [6.45, 7) is 7.22. The summed E-state index contributed by atoms with van der Waals surface area (Å²) in [6.07, 6.45) is 5.68. The largest absolute Gasteiger partial charge is 0.373 e. The molecule has 2 rings (SSSR count). The summed E-state index contributed by atoms with van der Waals surface area (Å²) < 4.78 is 23.6. The molecular formula is C17H26N2O2S. The number of benzene rings is 1. The van der Waals surface area contributed by atoms with Crippen molar-refractivity contribution in [3.8, 4) is 0 Å². The van der Waals surface area contributed by atoms with Gasteiger partial charge < -0.3 is 4.90 Å². The van der Waals surface area contributed by atoms with Crippen LogP contribution >= 0.6 is 0 Å². The van der Waals surface area contributed by atoms with Crippen molar-refractivity contribution >= 4 is 27.4 Å². The summed E-state index contributed by atoms with van der Waals surface area (Å²) in [6, 6.07) is 5.22. The van der Waals surface area contributed by atoms with E-state index < -0.39 is 9.84 Å². The Morgan fingerprint density at radius 1 is 1.32 bits per heavy atom. The Morgan fingerprint density at radius 2 is 1.95 bits per heavy atom. The van der Waals surface area contributed by atoms with E-state index in [1.165, 1.54) is 19.1 Å². The highest BCUT2D eigenvalue weighted by Crippen LogP contribution is 2.35. The smallest absolute Gasteiger partial charge is 0.175 e. The minimum atomic E-state index is -3.22. The van der Waals surface area contributed by atoms with E-state index in [1.54, 1.807) is 12.1 Å². The summed E-state index contributed by atoms with van der Waals surface area (Å²) >= 11 is 0. The Labute approximate surface area is 134 Å². The first kappa shape index (κ1) is 17.0. The molecule has 1 fully saturated rings. The van der Waals surface area contributed by atoms with Crippen molar-refractivity contribution in [2.75, 3.05) is 24.7 Å². The zero-order valence-electron chi connectivity index (χ0n) is 14.1. The van der Waals surface area contributed by atoms with Gasteiger partial charge >= 0.3 is 0 Å². The van der Waals surface area contributed by atoms with Crippen molar-refractivity contribution in [1.29, 1.82) is 0 Å². The van der Waals surface area contributed by atoms with Gasteiger partial charge in [-0.1, -0.05) is 20.8 Å². The van der Waals surface area contributed by atoms with Crippen LogP contribution in [0.5, 0.6) is 0 Å². The lowest BCUT2D eigenvalue weighted by Gasteiger charge is -2.22. The minimum absolute atomic E-state index is 0.0482. The summed E-state index contributed by atoms with van der Waals surface area (Å²) in [7, 11) is -1.18. The van der Waals surface area contributed by atoms with Gasteiger partial charge in [0.05, 0.1) is 16.3 Å². The van der Waals surface area contributed by atoms with Crippen molar-refractivity contribution < 1.29 is 8.42 Å². The van der Waals surface area contributed by atoms with Crippen molar-refractivity contribution in [1.82, 2.24) is 0 Å². The third-order valence-corrected chi connectivity index (χ3v) is 4.72. The first-order chi connectivity index (χ1) is 10.1. The second-order valence-electron chi connectivity index (χ2n) is 7.37. The SMILES string of the molecule is CN(CC1CC1)c1ccc(S(C)(=O)=O)cc1N=CC(C)(C)C. The molecule has 0 aromatic heterocycles. The van der Waals surface area contributed by atoms with Gasteiger partial charge in [-0.15, -0.1) is 0 Å². The molecule has 0 amide bonds. The molecule has 22 heavy (non-hydrogen) atoms. The number of hydrogen-bond acceptors (Lipinski definition) is 4. The van der Waals surface area contributed by atoms with E-state index in [-0.39, 0.29) is 5.41 Å². The first-order valence-electron chi connectivity index (χ1n) is 7.67. The van der Waals surface area contributed by atoms with Crippen LogP contribution in [0.4, 0.5) is 11.4 Å². The van der Waals surface area contributed by atoms with E-state index >= 15 is 0 Å². The minimum Gasteiger partial charge on any atom is -0.373 e. The van der Waals surface area contributed by atoms with Crippen LogP contribution in [0.1, 0.15) is 33.6 Å². The molecule has 0 atom stereocenters. The highest BCUT2D eigenvalue weighted by Gasteiger charge is 2.24. The van der Waals surface area contributed by atoms with Crippen LogP contribution in [-0.4, -0.2) is 34.5 Å². The van der Waals surface area contributed by atoms with E-state index in [4.69, 9.17) is 0 Å².